The second-order valence-electron chi connectivity index (χ2n) is 2.91. The molecule has 0 fully saturated rings. The molecule has 15 heavy (non-hydrogen) atoms. The molecule has 72 valence electrons. The molecule has 0 saturated heterocycles. The van der Waals surface area contributed by atoms with Crippen molar-refractivity contribution in [2.75, 3.05) is 7.11 Å². The van der Waals surface area contributed by atoms with Crippen LogP contribution in [0.2, 0.25) is 0 Å². The van der Waals surface area contributed by atoms with E-state index in [0.717, 1.165) is 0 Å². The lowest BCUT2D eigenvalue weighted by atomic mass is 9.94. The fraction of sp³-hybridized carbons (Fsp3) is 0.111. The maximum Gasteiger partial charge on any atom is 0.207 e. The van der Waals surface area contributed by atoms with Crippen molar-refractivity contribution in [3.63, 3.8) is 0 Å². The Labute approximate surface area is 86.9 Å². The van der Waals surface area contributed by atoms with Crippen LogP contribution in [0.4, 0.5) is 5.82 Å². The average molecular weight is 199 g/mol. The van der Waals surface area contributed by atoms with Crippen molar-refractivity contribution in [1.82, 2.24) is 9.97 Å². The molecule has 2 rings (SSSR count). The van der Waals surface area contributed by atoms with E-state index < -0.39 is 0 Å². The summed E-state index contributed by atoms with van der Waals surface area (Å²) in [6.07, 6.45) is 1.26. The summed E-state index contributed by atoms with van der Waals surface area (Å²) in [6, 6.07) is 3.22. The number of ether oxygens (including phenoxy) is 1. The van der Waals surface area contributed by atoms with Gasteiger partial charge in [0, 0.05) is 0 Å². The van der Waals surface area contributed by atoms with E-state index in [1.807, 2.05) is 0 Å². The first-order valence-corrected chi connectivity index (χ1v) is 4.18. The van der Waals surface area contributed by atoms with Gasteiger partial charge in [0.1, 0.15) is 25.4 Å². The summed E-state index contributed by atoms with van der Waals surface area (Å²) in [6.45, 7) is 0. The van der Waals surface area contributed by atoms with Crippen LogP contribution in [0, 0.1) is 4.91 Å². The number of nitrogens with zero attached hydrogens (tertiary/aromatic N) is 3. The third-order valence-electron chi connectivity index (χ3n) is 2.01. The molecule has 1 heterocycles. The highest BCUT2D eigenvalue weighted by atomic mass is 16.5. The quantitative estimate of drug-likeness (QED) is 0.530. The Morgan fingerprint density at radius 3 is 2.87 bits per heavy atom. The minimum atomic E-state index is 0.0607. The van der Waals surface area contributed by atoms with Gasteiger partial charge in [-0.15, -0.1) is 4.91 Å². The van der Waals surface area contributed by atoms with Crippen molar-refractivity contribution in [1.29, 1.82) is 0 Å². The summed E-state index contributed by atoms with van der Waals surface area (Å²) in [5.74, 6) is 0.558. The van der Waals surface area contributed by atoms with Crippen LogP contribution in [0.1, 0.15) is 0 Å². The van der Waals surface area contributed by atoms with Crippen molar-refractivity contribution in [3.8, 4) is 5.75 Å². The smallest absolute Gasteiger partial charge is 0.207 e. The molecular formula is C9H6BN3O2. The van der Waals surface area contributed by atoms with E-state index in [0.29, 0.717) is 22.1 Å². The molecule has 5 nitrogen and oxygen atoms in total. The maximum absolute atomic E-state index is 10.5. The van der Waals surface area contributed by atoms with E-state index in [-0.39, 0.29) is 5.82 Å². The predicted octanol–water partition coefficient (Wildman–Crippen LogP) is 0.830. The normalized spacial score (nSPS) is 10.2. The van der Waals surface area contributed by atoms with Crippen molar-refractivity contribution < 1.29 is 4.74 Å². The molecule has 0 aliphatic rings. The number of benzene rings is 1. The number of hydrogen-bond acceptors (Lipinski definition) is 5. The highest BCUT2D eigenvalue weighted by molar-refractivity contribution is 6.33. The monoisotopic (exact) mass is 199 g/mol. The molecule has 0 aliphatic heterocycles. The number of fused-ring (bicyclic) bond motifs is 1. The first-order chi connectivity index (χ1) is 7.26. The lowest BCUT2D eigenvalue weighted by Gasteiger charge is -2.06. The van der Waals surface area contributed by atoms with E-state index in [2.05, 4.69) is 15.1 Å². The number of hydrogen-bond donors (Lipinski definition) is 0. The Bertz CT molecular complexity index is 530. The summed E-state index contributed by atoms with van der Waals surface area (Å²) < 4.78 is 5.09. The first kappa shape index (κ1) is 9.58. The lowest BCUT2D eigenvalue weighted by Crippen LogP contribution is -2.03. The minimum absolute atomic E-state index is 0.0607. The number of nitroso groups, excluding NO2 is 1. The van der Waals surface area contributed by atoms with Crippen LogP contribution < -0.4 is 10.2 Å². The second kappa shape index (κ2) is 3.64. The summed E-state index contributed by atoms with van der Waals surface area (Å²) in [4.78, 5) is 18.3. The summed E-state index contributed by atoms with van der Waals surface area (Å²) in [5.41, 5.74) is 0.996. The van der Waals surface area contributed by atoms with Gasteiger partial charge in [-0.3, -0.25) is 0 Å². The van der Waals surface area contributed by atoms with E-state index in [4.69, 9.17) is 12.6 Å². The van der Waals surface area contributed by atoms with Crippen LogP contribution in [0.5, 0.6) is 5.75 Å². The summed E-state index contributed by atoms with van der Waals surface area (Å²) in [7, 11) is 7.15. The largest absolute Gasteiger partial charge is 0.494 e. The fourth-order valence-electron chi connectivity index (χ4n) is 1.37. The zero-order chi connectivity index (χ0) is 10.8. The number of aromatic nitrogens is 2. The SMILES string of the molecule is [B]c1cc(OC)c2ncnc(N=O)c2c1. The van der Waals surface area contributed by atoms with Gasteiger partial charge in [0.05, 0.1) is 12.5 Å². The zero-order valence-electron chi connectivity index (χ0n) is 7.97. The average Bonchev–Trinajstić information content (AvgIpc) is 2.27. The molecule has 1 aromatic heterocycles. The van der Waals surface area contributed by atoms with E-state index in [1.165, 1.54) is 13.4 Å². The third-order valence-corrected chi connectivity index (χ3v) is 2.01. The second-order valence-corrected chi connectivity index (χ2v) is 2.91. The van der Waals surface area contributed by atoms with Crippen LogP contribution in [-0.2, 0) is 0 Å². The van der Waals surface area contributed by atoms with Crippen LogP contribution in [0.3, 0.4) is 0 Å². The van der Waals surface area contributed by atoms with E-state index >= 15 is 0 Å². The van der Waals surface area contributed by atoms with Crippen LogP contribution in [0.25, 0.3) is 10.9 Å². The van der Waals surface area contributed by atoms with Crippen LogP contribution in [0.15, 0.2) is 23.6 Å². The zero-order valence-corrected chi connectivity index (χ0v) is 7.97. The Balaban J connectivity index is 2.88. The van der Waals surface area contributed by atoms with Crippen molar-refractivity contribution in [2.24, 2.45) is 5.18 Å². The van der Waals surface area contributed by atoms with Gasteiger partial charge < -0.3 is 4.74 Å². The maximum atomic E-state index is 10.5. The van der Waals surface area contributed by atoms with Crippen molar-refractivity contribution in [3.05, 3.63) is 23.4 Å². The van der Waals surface area contributed by atoms with Gasteiger partial charge in [-0.05, 0) is 11.2 Å². The standard InChI is InChI=1S/C9H6BN3O2/c1-15-7-3-5(10)2-6-8(7)11-4-12-9(6)13-14/h2-4H,1H3. The molecule has 0 unspecified atom stereocenters. The Kier molecular flexibility index (Phi) is 2.33. The highest BCUT2D eigenvalue weighted by Crippen LogP contribution is 2.27. The van der Waals surface area contributed by atoms with Gasteiger partial charge in [0.2, 0.25) is 5.82 Å². The topological polar surface area (TPSA) is 64.4 Å². The number of methoxy groups -OCH3 is 1. The molecule has 1 aromatic carbocycles. The molecule has 6 heteroatoms. The predicted molar refractivity (Wildman–Crippen MR) is 56.9 cm³/mol. The molecule has 0 bridgehead atoms. The molecule has 0 spiro atoms. The molecule has 0 aliphatic carbocycles. The molecule has 0 atom stereocenters. The van der Waals surface area contributed by atoms with Gasteiger partial charge in [-0.1, -0.05) is 11.5 Å². The molecule has 0 amide bonds. The Morgan fingerprint density at radius 2 is 2.20 bits per heavy atom. The minimum Gasteiger partial charge on any atom is -0.494 e. The molecule has 2 radical (unpaired) electrons. The van der Waals surface area contributed by atoms with Crippen molar-refractivity contribution >= 4 is 30.0 Å². The molecule has 2 aromatic rings. The van der Waals surface area contributed by atoms with Crippen LogP contribution >= 0.6 is 0 Å². The van der Waals surface area contributed by atoms with Crippen molar-refractivity contribution in [2.45, 2.75) is 0 Å². The third kappa shape index (κ3) is 1.54. The summed E-state index contributed by atoms with van der Waals surface area (Å²) >= 11 is 0. The lowest BCUT2D eigenvalue weighted by molar-refractivity contribution is 0.419. The van der Waals surface area contributed by atoms with Gasteiger partial charge in [-0.2, -0.15) is 0 Å². The molecule has 0 saturated carbocycles. The Hall–Kier alpha value is -1.98. The fourth-order valence-corrected chi connectivity index (χ4v) is 1.37. The van der Waals surface area contributed by atoms with Gasteiger partial charge in [-0.25, -0.2) is 9.97 Å². The van der Waals surface area contributed by atoms with Crippen LogP contribution in [-0.4, -0.2) is 24.9 Å². The van der Waals surface area contributed by atoms with Gasteiger partial charge in [0.15, 0.2) is 0 Å². The van der Waals surface area contributed by atoms with Gasteiger partial charge >= 0.3 is 0 Å². The first-order valence-electron chi connectivity index (χ1n) is 4.18. The summed E-state index contributed by atoms with van der Waals surface area (Å²) in [5, 5.41) is 3.29. The van der Waals surface area contributed by atoms with E-state index in [1.54, 1.807) is 12.1 Å². The Morgan fingerprint density at radius 1 is 1.40 bits per heavy atom. The molecular weight excluding hydrogens is 193 g/mol. The van der Waals surface area contributed by atoms with Gasteiger partial charge in [0.25, 0.3) is 0 Å². The van der Waals surface area contributed by atoms with E-state index in [9.17, 15) is 4.91 Å². The highest BCUT2D eigenvalue weighted by Gasteiger charge is 2.09. The molecule has 0 N–H and O–H groups in total. The number of rotatable bonds is 2.